The van der Waals surface area contributed by atoms with Crippen molar-refractivity contribution in [3.05, 3.63) is 18.5 Å². The number of aromatic hydroxyl groups is 1. The first kappa shape index (κ1) is 13.3. The van der Waals surface area contributed by atoms with E-state index < -0.39 is 6.09 Å². The fraction of sp³-hybridized carbons (Fsp3) is 0.385. The minimum absolute atomic E-state index is 0.0305. The Balaban J connectivity index is 1.85. The number of hydrogen-bond acceptors (Lipinski definition) is 6. The number of aromatic nitrogens is 3. The lowest BCUT2D eigenvalue weighted by atomic mass is 10.1. The lowest BCUT2D eigenvalue weighted by molar-refractivity contribution is 0.133. The van der Waals surface area contributed by atoms with Crippen molar-refractivity contribution in [2.75, 3.05) is 18.4 Å². The molecule has 0 unspecified atom stereocenters. The second-order valence-corrected chi connectivity index (χ2v) is 5.01. The summed E-state index contributed by atoms with van der Waals surface area (Å²) in [6.07, 6.45) is 3.91. The van der Waals surface area contributed by atoms with Gasteiger partial charge in [-0.05, 0) is 18.9 Å². The molecule has 110 valence electrons. The third kappa shape index (κ3) is 2.64. The second-order valence-electron chi connectivity index (χ2n) is 5.01. The van der Waals surface area contributed by atoms with Crippen LogP contribution in [-0.2, 0) is 0 Å². The zero-order chi connectivity index (χ0) is 14.8. The average Bonchev–Trinajstić information content (AvgIpc) is 2.51. The molecule has 0 aromatic carbocycles. The SMILES string of the molecule is O=C(O)N1CCC[C@@H](Nc2nnc(O)c3ccncc23)C1. The topological polar surface area (TPSA) is 111 Å². The molecule has 1 aliphatic rings. The van der Waals surface area contributed by atoms with E-state index in [-0.39, 0.29) is 11.9 Å². The van der Waals surface area contributed by atoms with Gasteiger partial charge in [0.1, 0.15) is 0 Å². The molecule has 1 saturated heterocycles. The molecule has 1 aliphatic heterocycles. The van der Waals surface area contributed by atoms with Crippen LogP contribution in [0.25, 0.3) is 10.8 Å². The normalized spacial score (nSPS) is 18.7. The van der Waals surface area contributed by atoms with E-state index in [1.807, 2.05) is 0 Å². The first-order valence-electron chi connectivity index (χ1n) is 6.69. The lowest BCUT2D eigenvalue weighted by Gasteiger charge is -2.31. The second kappa shape index (κ2) is 5.39. The summed E-state index contributed by atoms with van der Waals surface area (Å²) >= 11 is 0. The van der Waals surface area contributed by atoms with Gasteiger partial charge in [-0.1, -0.05) is 0 Å². The standard InChI is InChI=1S/C13H15N5O3/c19-12-9-3-4-14-6-10(9)11(16-17-12)15-8-2-1-5-18(7-8)13(20)21/h3-4,6,8H,1-2,5,7H2,(H,15,16)(H,17,19)(H,20,21)/t8-/m1/s1. The third-order valence-corrected chi connectivity index (χ3v) is 3.59. The molecule has 21 heavy (non-hydrogen) atoms. The molecule has 1 amide bonds. The molecular formula is C13H15N5O3. The van der Waals surface area contributed by atoms with Crippen molar-refractivity contribution in [1.29, 1.82) is 0 Å². The maximum Gasteiger partial charge on any atom is 0.407 e. The minimum atomic E-state index is -0.912. The molecule has 0 bridgehead atoms. The van der Waals surface area contributed by atoms with E-state index >= 15 is 0 Å². The van der Waals surface area contributed by atoms with Gasteiger partial charge in [-0.2, -0.15) is 0 Å². The van der Waals surface area contributed by atoms with Crippen LogP contribution >= 0.6 is 0 Å². The molecule has 0 aliphatic carbocycles. The quantitative estimate of drug-likeness (QED) is 0.763. The molecule has 3 N–H and O–H groups in total. The number of anilines is 1. The number of nitrogens with zero attached hydrogens (tertiary/aromatic N) is 4. The van der Waals surface area contributed by atoms with Crippen LogP contribution in [0.2, 0.25) is 0 Å². The molecule has 0 spiro atoms. The van der Waals surface area contributed by atoms with Crippen molar-refractivity contribution >= 4 is 22.7 Å². The smallest absolute Gasteiger partial charge is 0.407 e. The summed E-state index contributed by atoms with van der Waals surface area (Å²) in [4.78, 5) is 16.4. The number of nitrogens with one attached hydrogen (secondary N) is 1. The highest BCUT2D eigenvalue weighted by atomic mass is 16.4. The summed E-state index contributed by atoms with van der Waals surface area (Å²) in [5.74, 6) is 0.363. The number of carboxylic acid groups (broad SMARTS) is 1. The van der Waals surface area contributed by atoms with Gasteiger partial charge in [-0.3, -0.25) is 4.98 Å². The molecular weight excluding hydrogens is 274 g/mol. The van der Waals surface area contributed by atoms with Gasteiger partial charge in [-0.25, -0.2) is 4.79 Å². The Morgan fingerprint density at radius 2 is 2.24 bits per heavy atom. The Hall–Kier alpha value is -2.64. The molecule has 8 nitrogen and oxygen atoms in total. The molecule has 1 atom stereocenters. The predicted octanol–water partition coefficient (Wildman–Crippen LogP) is 1.28. The van der Waals surface area contributed by atoms with Gasteiger partial charge in [0.2, 0.25) is 5.88 Å². The van der Waals surface area contributed by atoms with Crippen LogP contribution < -0.4 is 5.32 Å². The van der Waals surface area contributed by atoms with Gasteiger partial charge >= 0.3 is 6.09 Å². The Morgan fingerprint density at radius 1 is 1.38 bits per heavy atom. The van der Waals surface area contributed by atoms with Crippen LogP contribution in [0.4, 0.5) is 10.6 Å². The number of piperidine rings is 1. The summed E-state index contributed by atoms with van der Waals surface area (Å²) in [5.41, 5.74) is 0. The maximum atomic E-state index is 11.0. The van der Waals surface area contributed by atoms with Crippen LogP contribution in [0.5, 0.6) is 5.88 Å². The van der Waals surface area contributed by atoms with Crippen LogP contribution in [0.15, 0.2) is 18.5 Å². The number of rotatable bonds is 2. The van der Waals surface area contributed by atoms with E-state index in [9.17, 15) is 9.90 Å². The molecule has 0 saturated carbocycles. The Labute approximate surface area is 120 Å². The van der Waals surface area contributed by atoms with Crippen molar-refractivity contribution in [3.8, 4) is 5.88 Å². The van der Waals surface area contributed by atoms with Gasteiger partial charge in [0.25, 0.3) is 0 Å². The van der Waals surface area contributed by atoms with Gasteiger partial charge in [0.15, 0.2) is 5.82 Å². The van der Waals surface area contributed by atoms with Crippen LogP contribution in [0.1, 0.15) is 12.8 Å². The zero-order valence-corrected chi connectivity index (χ0v) is 11.2. The minimum Gasteiger partial charge on any atom is -0.492 e. The van der Waals surface area contributed by atoms with Crippen LogP contribution in [-0.4, -0.2) is 55.5 Å². The van der Waals surface area contributed by atoms with E-state index in [2.05, 4.69) is 20.5 Å². The van der Waals surface area contributed by atoms with E-state index in [1.165, 1.54) is 4.90 Å². The molecule has 1 fully saturated rings. The first-order valence-corrected chi connectivity index (χ1v) is 6.69. The number of carbonyl (C=O) groups is 1. The number of pyridine rings is 1. The van der Waals surface area contributed by atoms with Crippen molar-refractivity contribution in [2.24, 2.45) is 0 Å². The van der Waals surface area contributed by atoms with E-state index in [0.717, 1.165) is 12.8 Å². The highest BCUT2D eigenvalue weighted by Crippen LogP contribution is 2.26. The summed E-state index contributed by atoms with van der Waals surface area (Å²) in [7, 11) is 0. The predicted molar refractivity (Wildman–Crippen MR) is 75.2 cm³/mol. The molecule has 0 radical (unpaired) electrons. The van der Waals surface area contributed by atoms with Crippen molar-refractivity contribution < 1.29 is 15.0 Å². The Morgan fingerprint density at radius 3 is 3.05 bits per heavy atom. The van der Waals surface area contributed by atoms with E-state index in [1.54, 1.807) is 18.5 Å². The van der Waals surface area contributed by atoms with Crippen LogP contribution in [0, 0.1) is 0 Å². The summed E-state index contributed by atoms with van der Waals surface area (Å²) in [6.45, 7) is 0.955. The number of likely N-dealkylation sites (tertiary alicyclic amines) is 1. The van der Waals surface area contributed by atoms with E-state index in [0.29, 0.717) is 29.7 Å². The number of amides is 1. The first-order chi connectivity index (χ1) is 10.1. The highest BCUT2D eigenvalue weighted by molar-refractivity contribution is 5.93. The number of fused-ring (bicyclic) bond motifs is 1. The van der Waals surface area contributed by atoms with Crippen molar-refractivity contribution in [1.82, 2.24) is 20.1 Å². The molecule has 2 aromatic heterocycles. The lowest BCUT2D eigenvalue weighted by Crippen LogP contribution is -2.44. The number of hydrogen-bond donors (Lipinski definition) is 3. The molecule has 2 aromatic rings. The van der Waals surface area contributed by atoms with E-state index in [4.69, 9.17) is 5.11 Å². The van der Waals surface area contributed by atoms with Crippen molar-refractivity contribution in [3.63, 3.8) is 0 Å². The van der Waals surface area contributed by atoms with Crippen LogP contribution in [0.3, 0.4) is 0 Å². The fourth-order valence-electron chi connectivity index (χ4n) is 2.55. The van der Waals surface area contributed by atoms with Gasteiger partial charge in [0, 0.05) is 36.9 Å². The van der Waals surface area contributed by atoms with Gasteiger partial charge in [-0.15, -0.1) is 10.2 Å². The monoisotopic (exact) mass is 289 g/mol. The Kier molecular flexibility index (Phi) is 3.43. The summed E-state index contributed by atoms with van der Waals surface area (Å²) < 4.78 is 0. The molecule has 8 heteroatoms. The van der Waals surface area contributed by atoms with Gasteiger partial charge in [0.05, 0.1) is 5.39 Å². The fourth-order valence-corrected chi connectivity index (χ4v) is 2.55. The summed E-state index contributed by atoms with van der Waals surface area (Å²) in [5, 5.41) is 30.9. The highest BCUT2D eigenvalue weighted by Gasteiger charge is 2.24. The Bertz CT molecular complexity index is 678. The largest absolute Gasteiger partial charge is 0.492 e. The average molecular weight is 289 g/mol. The molecule has 3 heterocycles. The maximum absolute atomic E-state index is 11.0. The third-order valence-electron chi connectivity index (χ3n) is 3.59. The zero-order valence-electron chi connectivity index (χ0n) is 11.2. The van der Waals surface area contributed by atoms with Crippen molar-refractivity contribution in [2.45, 2.75) is 18.9 Å². The molecule has 3 rings (SSSR count). The summed E-state index contributed by atoms with van der Waals surface area (Å²) in [6, 6.07) is 1.63. The van der Waals surface area contributed by atoms with Gasteiger partial charge < -0.3 is 20.4 Å².